The van der Waals surface area contributed by atoms with E-state index in [2.05, 4.69) is 4.98 Å². The molecule has 0 radical (unpaired) electrons. The zero-order valence-electron chi connectivity index (χ0n) is 14.7. The molecule has 0 N–H and O–H groups in total. The van der Waals surface area contributed by atoms with Crippen LogP contribution < -0.4 is 0 Å². The first-order chi connectivity index (χ1) is 13.9. The summed E-state index contributed by atoms with van der Waals surface area (Å²) in [5.41, 5.74) is 1.80. The number of carbonyl (C=O) groups is 1. The van der Waals surface area contributed by atoms with Gasteiger partial charge in [-0.1, -0.05) is 30.3 Å². The van der Waals surface area contributed by atoms with Crippen molar-refractivity contribution < 1.29 is 26.7 Å². The molecule has 0 bridgehead atoms. The Labute approximate surface area is 167 Å². The minimum atomic E-state index is -2.20. The largest absolute Gasteiger partial charge is 0.298 e. The van der Waals surface area contributed by atoms with E-state index >= 15 is 0 Å². The summed E-state index contributed by atoms with van der Waals surface area (Å²) in [6, 6.07) is 9.78. The Kier molecular flexibility index (Phi) is 6.60. The van der Waals surface area contributed by atoms with Gasteiger partial charge in [0.15, 0.2) is 23.3 Å². The average molecular weight is 424 g/mol. The minimum Gasteiger partial charge on any atom is -0.298 e. The number of benzene rings is 2. The van der Waals surface area contributed by atoms with Crippen LogP contribution in [0.25, 0.3) is 0 Å². The highest BCUT2D eigenvalue weighted by Crippen LogP contribution is 2.34. The van der Waals surface area contributed by atoms with Gasteiger partial charge in [0.1, 0.15) is 11.2 Å². The maximum atomic E-state index is 14.1. The van der Waals surface area contributed by atoms with E-state index in [0.29, 0.717) is 34.9 Å². The quantitative estimate of drug-likeness (QED) is 0.169. The zero-order chi connectivity index (χ0) is 21.0. The standard InChI is InChI=1S/C20H13F5N2OS/c21-15-16(22)18(24)20(19(25)17(15)23)29-27(10-14-2-1-7-26-8-14)9-12-3-5-13(11-28)6-4-12/h1-8,11H,9-10H2. The lowest BCUT2D eigenvalue weighted by atomic mass is 10.1. The SMILES string of the molecule is O=Cc1ccc(CN(Cc2cccnc2)Sc2c(F)c(F)c(F)c(F)c2F)cc1. The van der Waals surface area contributed by atoms with Gasteiger partial charge in [-0.25, -0.2) is 26.3 Å². The van der Waals surface area contributed by atoms with Crippen molar-refractivity contribution in [3.05, 3.63) is 94.6 Å². The molecule has 0 spiro atoms. The molecule has 2 aromatic carbocycles. The number of carbonyl (C=O) groups excluding carboxylic acids is 1. The molecule has 3 nitrogen and oxygen atoms in total. The Morgan fingerprint density at radius 3 is 1.97 bits per heavy atom. The third-order valence-corrected chi connectivity index (χ3v) is 5.00. The topological polar surface area (TPSA) is 33.2 Å². The fourth-order valence-corrected chi connectivity index (χ4v) is 3.54. The lowest BCUT2D eigenvalue weighted by Gasteiger charge is -2.22. The molecule has 0 atom stereocenters. The van der Waals surface area contributed by atoms with Gasteiger partial charge >= 0.3 is 0 Å². The van der Waals surface area contributed by atoms with Gasteiger partial charge in [-0.05, 0) is 29.1 Å². The van der Waals surface area contributed by atoms with E-state index in [0.717, 1.165) is 0 Å². The van der Waals surface area contributed by atoms with Gasteiger partial charge in [0.05, 0.1) is 0 Å². The molecule has 0 aliphatic rings. The molecule has 3 rings (SSSR count). The highest BCUT2D eigenvalue weighted by molar-refractivity contribution is 7.97. The number of pyridine rings is 1. The van der Waals surface area contributed by atoms with E-state index in [4.69, 9.17) is 0 Å². The molecule has 0 saturated heterocycles. The van der Waals surface area contributed by atoms with Crippen molar-refractivity contribution in [3.63, 3.8) is 0 Å². The first-order valence-corrected chi connectivity index (χ1v) is 9.05. The fourth-order valence-electron chi connectivity index (χ4n) is 2.51. The molecule has 1 heterocycles. The van der Waals surface area contributed by atoms with Crippen molar-refractivity contribution in [2.45, 2.75) is 18.0 Å². The van der Waals surface area contributed by atoms with Crippen LogP contribution in [0.15, 0.2) is 53.7 Å². The molecule has 0 aliphatic heterocycles. The normalized spacial score (nSPS) is 11.1. The van der Waals surface area contributed by atoms with Gasteiger partial charge in [0.2, 0.25) is 5.82 Å². The number of aromatic nitrogens is 1. The third-order valence-electron chi connectivity index (χ3n) is 3.95. The number of aldehydes is 1. The first kappa shape index (κ1) is 20.9. The second kappa shape index (κ2) is 9.15. The highest BCUT2D eigenvalue weighted by Gasteiger charge is 2.27. The predicted octanol–water partition coefficient (Wildman–Crippen LogP) is 5.30. The predicted molar refractivity (Wildman–Crippen MR) is 97.4 cm³/mol. The van der Waals surface area contributed by atoms with E-state index in [9.17, 15) is 26.7 Å². The van der Waals surface area contributed by atoms with E-state index < -0.39 is 34.0 Å². The molecule has 3 aromatic rings. The van der Waals surface area contributed by atoms with Crippen LogP contribution >= 0.6 is 11.9 Å². The van der Waals surface area contributed by atoms with Crippen molar-refractivity contribution >= 4 is 18.2 Å². The lowest BCUT2D eigenvalue weighted by Crippen LogP contribution is -2.17. The number of nitrogens with zero attached hydrogens (tertiary/aromatic N) is 2. The van der Waals surface area contributed by atoms with Gasteiger partial charge in [-0.2, -0.15) is 0 Å². The van der Waals surface area contributed by atoms with Crippen molar-refractivity contribution in [1.29, 1.82) is 0 Å². The van der Waals surface area contributed by atoms with E-state index in [1.807, 2.05) is 0 Å². The van der Waals surface area contributed by atoms with Gasteiger partial charge in [-0.15, -0.1) is 0 Å². The second-order valence-corrected chi connectivity index (χ2v) is 7.12. The number of hydrogen-bond acceptors (Lipinski definition) is 4. The molecule has 1 aromatic heterocycles. The van der Waals surface area contributed by atoms with Crippen molar-refractivity contribution in [2.24, 2.45) is 0 Å². The minimum absolute atomic E-state index is 0.109. The molecule has 0 saturated carbocycles. The van der Waals surface area contributed by atoms with Gasteiger partial charge in [-0.3, -0.25) is 9.78 Å². The maximum absolute atomic E-state index is 14.1. The Morgan fingerprint density at radius 1 is 0.828 bits per heavy atom. The smallest absolute Gasteiger partial charge is 0.200 e. The van der Waals surface area contributed by atoms with Crippen LogP contribution in [0.3, 0.4) is 0 Å². The molecule has 0 aliphatic carbocycles. The highest BCUT2D eigenvalue weighted by atomic mass is 32.2. The molecule has 0 amide bonds. The van der Waals surface area contributed by atoms with E-state index in [-0.39, 0.29) is 13.1 Å². The second-order valence-electron chi connectivity index (χ2n) is 6.01. The van der Waals surface area contributed by atoms with Crippen LogP contribution in [0.1, 0.15) is 21.5 Å². The van der Waals surface area contributed by atoms with Crippen LogP contribution in [0.2, 0.25) is 0 Å². The summed E-state index contributed by atoms with van der Waals surface area (Å²) in [6.07, 6.45) is 3.74. The summed E-state index contributed by atoms with van der Waals surface area (Å²) in [6.45, 7) is 0.228. The Balaban J connectivity index is 1.93. The van der Waals surface area contributed by atoms with Crippen LogP contribution in [-0.2, 0) is 13.1 Å². The van der Waals surface area contributed by atoms with Crippen LogP contribution in [0.5, 0.6) is 0 Å². The summed E-state index contributed by atoms with van der Waals surface area (Å²) >= 11 is 0.418. The van der Waals surface area contributed by atoms with Crippen LogP contribution in [0.4, 0.5) is 22.0 Å². The summed E-state index contributed by atoms with van der Waals surface area (Å²) in [5.74, 6) is -9.98. The third kappa shape index (κ3) is 4.80. The lowest BCUT2D eigenvalue weighted by molar-refractivity contribution is 0.112. The molecule has 29 heavy (non-hydrogen) atoms. The van der Waals surface area contributed by atoms with Crippen molar-refractivity contribution in [1.82, 2.24) is 9.29 Å². The number of halogens is 5. The number of hydrogen-bond donors (Lipinski definition) is 0. The molecular formula is C20H13F5N2OS. The maximum Gasteiger partial charge on any atom is 0.200 e. The molecule has 150 valence electrons. The average Bonchev–Trinajstić information content (AvgIpc) is 2.75. The van der Waals surface area contributed by atoms with Crippen molar-refractivity contribution in [3.8, 4) is 0 Å². The summed E-state index contributed by atoms with van der Waals surface area (Å²) < 4.78 is 70.1. The monoisotopic (exact) mass is 424 g/mol. The molecule has 9 heteroatoms. The van der Waals surface area contributed by atoms with E-state index in [1.54, 1.807) is 42.6 Å². The Morgan fingerprint density at radius 2 is 1.41 bits per heavy atom. The fraction of sp³-hybridized carbons (Fsp3) is 0.100. The first-order valence-electron chi connectivity index (χ1n) is 8.28. The van der Waals surface area contributed by atoms with Gasteiger partial charge < -0.3 is 0 Å². The molecular weight excluding hydrogens is 411 g/mol. The Bertz CT molecular complexity index is 987. The van der Waals surface area contributed by atoms with E-state index in [1.165, 1.54) is 10.5 Å². The summed E-state index contributed by atoms with van der Waals surface area (Å²) in [4.78, 5) is 13.7. The van der Waals surface area contributed by atoms with Gasteiger partial charge in [0.25, 0.3) is 0 Å². The summed E-state index contributed by atoms with van der Waals surface area (Å²) in [7, 11) is 0. The zero-order valence-corrected chi connectivity index (χ0v) is 15.5. The Hall–Kier alpha value is -2.78. The molecule has 0 unspecified atom stereocenters. The van der Waals surface area contributed by atoms with Crippen molar-refractivity contribution in [2.75, 3.05) is 0 Å². The van der Waals surface area contributed by atoms with Gasteiger partial charge in [0, 0.05) is 31.0 Å². The molecule has 0 fully saturated rings. The van der Waals surface area contributed by atoms with Crippen LogP contribution in [0, 0.1) is 29.1 Å². The summed E-state index contributed by atoms with van der Waals surface area (Å²) in [5, 5.41) is 0. The number of rotatable bonds is 7. The van der Waals surface area contributed by atoms with Crippen LogP contribution in [-0.4, -0.2) is 15.6 Å².